The molecule has 25 heavy (non-hydrogen) atoms. The van der Waals surface area contributed by atoms with Gasteiger partial charge in [-0.2, -0.15) is 0 Å². The van der Waals surface area contributed by atoms with E-state index in [4.69, 9.17) is 16.6 Å². The van der Waals surface area contributed by atoms with Gasteiger partial charge in [0.1, 0.15) is 7.11 Å². The highest BCUT2D eigenvalue weighted by Crippen LogP contribution is 2.15. The first-order valence-electron chi connectivity index (χ1n) is 6.96. The van der Waals surface area contributed by atoms with Crippen molar-refractivity contribution in [3.8, 4) is 0 Å². The van der Waals surface area contributed by atoms with Crippen molar-refractivity contribution in [2.24, 2.45) is 15.6 Å². The van der Waals surface area contributed by atoms with E-state index in [9.17, 15) is 4.79 Å². The van der Waals surface area contributed by atoms with Gasteiger partial charge >= 0.3 is 5.97 Å². The van der Waals surface area contributed by atoms with E-state index in [1.54, 1.807) is 24.6 Å². The van der Waals surface area contributed by atoms with Crippen LogP contribution in [-0.2, 0) is 9.63 Å². The van der Waals surface area contributed by atoms with Crippen molar-refractivity contribution >= 4 is 51.3 Å². The number of hydrogen-bond acceptors (Lipinski definition) is 10. The van der Waals surface area contributed by atoms with Gasteiger partial charge in [-0.05, 0) is 13.8 Å². The summed E-state index contributed by atoms with van der Waals surface area (Å²) in [5.74, 6) is -0.863. The lowest BCUT2D eigenvalue weighted by Gasteiger charge is -2.14. The number of aliphatic carboxylic acids is 1. The standard InChI is InChI=1S/C9H13N3O2S.C5H7N3OS/c1-9(2,7(13)14)5-11-3-6-4-15-8(10)12-6;1-9-7-2-4-3-10-5(6)8-4/h3-4H,5H2,1-2H3,(H2,10,12)(H,13,14);2-3H,1H3,(H2,6,8)/b;7-2+. The molecular weight excluding hydrogens is 364 g/mol. The van der Waals surface area contributed by atoms with Gasteiger partial charge < -0.3 is 21.4 Å². The van der Waals surface area contributed by atoms with Crippen molar-refractivity contribution in [2.75, 3.05) is 25.1 Å². The third kappa shape index (κ3) is 7.72. The molecule has 0 unspecified atom stereocenters. The molecule has 0 saturated carbocycles. The summed E-state index contributed by atoms with van der Waals surface area (Å²) >= 11 is 2.70. The van der Waals surface area contributed by atoms with Gasteiger partial charge in [0.2, 0.25) is 0 Å². The van der Waals surface area contributed by atoms with Crippen LogP contribution >= 0.6 is 22.7 Å². The molecule has 0 amide bonds. The first-order valence-corrected chi connectivity index (χ1v) is 8.72. The van der Waals surface area contributed by atoms with E-state index in [1.807, 2.05) is 0 Å². The first kappa shape index (κ1) is 20.5. The van der Waals surface area contributed by atoms with Crippen LogP contribution in [-0.4, -0.2) is 47.1 Å². The minimum atomic E-state index is -0.863. The van der Waals surface area contributed by atoms with Crippen molar-refractivity contribution in [3.05, 3.63) is 22.1 Å². The van der Waals surface area contributed by atoms with Crippen LogP contribution in [0.25, 0.3) is 0 Å². The molecular formula is C14H20N6O3S2. The number of carboxylic acid groups (broad SMARTS) is 1. The lowest BCUT2D eigenvalue weighted by atomic mass is 9.94. The predicted molar refractivity (Wildman–Crippen MR) is 102 cm³/mol. The molecule has 0 aliphatic heterocycles. The van der Waals surface area contributed by atoms with Crippen molar-refractivity contribution in [1.82, 2.24) is 9.97 Å². The fourth-order valence-corrected chi connectivity index (χ4v) is 2.29. The number of carbonyl (C=O) groups is 1. The van der Waals surface area contributed by atoms with Crippen LogP contribution in [0.2, 0.25) is 0 Å². The number of nitrogens with zero attached hydrogens (tertiary/aromatic N) is 4. The molecule has 0 fully saturated rings. The Labute approximate surface area is 153 Å². The summed E-state index contributed by atoms with van der Waals surface area (Å²) < 4.78 is 0. The predicted octanol–water partition coefficient (Wildman–Crippen LogP) is 1.96. The van der Waals surface area contributed by atoms with Crippen molar-refractivity contribution < 1.29 is 14.7 Å². The molecule has 0 bridgehead atoms. The zero-order valence-corrected chi connectivity index (χ0v) is 15.7. The Kier molecular flexibility index (Phi) is 7.95. The van der Waals surface area contributed by atoms with Crippen LogP contribution < -0.4 is 11.5 Å². The number of nitrogens with two attached hydrogens (primary N) is 2. The largest absolute Gasteiger partial charge is 0.481 e. The first-order chi connectivity index (χ1) is 11.7. The molecule has 2 aromatic heterocycles. The molecule has 0 aliphatic rings. The highest BCUT2D eigenvalue weighted by atomic mass is 32.1. The maximum absolute atomic E-state index is 10.8. The summed E-state index contributed by atoms with van der Waals surface area (Å²) in [6, 6.07) is 0. The maximum Gasteiger partial charge on any atom is 0.310 e. The maximum atomic E-state index is 10.8. The van der Waals surface area contributed by atoms with Gasteiger partial charge in [0.05, 0.1) is 29.6 Å². The smallest absolute Gasteiger partial charge is 0.310 e. The van der Waals surface area contributed by atoms with E-state index >= 15 is 0 Å². The number of rotatable bonds is 6. The number of aliphatic imine (C=N–C) groups is 1. The molecule has 2 heterocycles. The van der Waals surface area contributed by atoms with Gasteiger partial charge in [-0.1, -0.05) is 5.16 Å². The molecule has 0 spiro atoms. The summed E-state index contributed by atoms with van der Waals surface area (Å²) in [4.78, 5) is 27.1. The Morgan fingerprint density at radius 1 is 1.24 bits per heavy atom. The Morgan fingerprint density at radius 3 is 2.16 bits per heavy atom. The van der Waals surface area contributed by atoms with E-state index in [0.717, 1.165) is 5.69 Å². The van der Waals surface area contributed by atoms with Gasteiger partial charge in [0.25, 0.3) is 0 Å². The van der Waals surface area contributed by atoms with Crippen LogP contribution in [0.1, 0.15) is 25.2 Å². The van der Waals surface area contributed by atoms with Gasteiger partial charge in [-0.25, -0.2) is 9.97 Å². The second-order valence-electron chi connectivity index (χ2n) is 5.30. The number of carboxylic acids is 1. The number of aromatic nitrogens is 2. The Balaban J connectivity index is 0.000000271. The van der Waals surface area contributed by atoms with Crippen molar-refractivity contribution in [3.63, 3.8) is 0 Å². The fourth-order valence-electron chi connectivity index (χ4n) is 1.26. The SMILES string of the molecule is CC(C)(CN=Cc1csc(N)n1)C(=O)O.CO/N=C/c1csc(N)n1. The second kappa shape index (κ2) is 9.69. The quantitative estimate of drug-likeness (QED) is 0.509. The molecule has 2 rings (SSSR count). The van der Waals surface area contributed by atoms with Gasteiger partial charge in [-0.15, -0.1) is 22.7 Å². The van der Waals surface area contributed by atoms with E-state index in [-0.39, 0.29) is 6.54 Å². The summed E-state index contributed by atoms with van der Waals surface area (Å²) in [5.41, 5.74) is 11.3. The molecule has 2 aromatic rings. The molecule has 11 heteroatoms. The van der Waals surface area contributed by atoms with Crippen LogP contribution in [0.4, 0.5) is 10.3 Å². The third-order valence-corrected chi connectivity index (χ3v) is 4.04. The lowest BCUT2D eigenvalue weighted by molar-refractivity contribution is -0.146. The topological polar surface area (TPSA) is 149 Å². The minimum Gasteiger partial charge on any atom is -0.481 e. The molecule has 0 atom stereocenters. The monoisotopic (exact) mass is 384 g/mol. The molecule has 9 nitrogen and oxygen atoms in total. The van der Waals surface area contributed by atoms with E-state index in [0.29, 0.717) is 16.0 Å². The lowest BCUT2D eigenvalue weighted by Crippen LogP contribution is -2.26. The second-order valence-corrected chi connectivity index (χ2v) is 7.08. The van der Waals surface area contributed by atoms with E-state index < -0.39 is 11.4 Å². The summed E-state index contributed by atoms with van der Waals surface area (Å²) in [7, 11) is 1.48. The summed E-state index contributed by atoms with van der Waals surface area (Å²) in [5, 5.41) is 16.9. The molecule has 0 radical (unpaired) electrons. The number of anilines is 2. The van der Waals surface area contributed by atoms with Crippen molar-refractivity contribution in [1.29, 1.82) is 0 Å². The third-order valence-electron chi connectivity index (χ3n) is 2.66. The highest BCUT2D eigenvalue weighted by Gasteiger charge is 2.26. The number of hydrogen-bond donors (Lipinski definition) is 3. The molecule has 5 N–H and O–H groups in total. The molecule has 136 valence electrons. The van der Waals surface area contributed by atoms with Crippen LogP contribution in [0.5, 0.6) is 0 Å². The average molecular weight is 384 g/mol. The highest BCUT2D eigenvalue weighted by molar-refractivity contribution is 7.13. The average Bonchev–Trinajstić information content (AvgIpc) is 3.14. The number of thiazole rings is 2. The van der Waals surface area contributed by atoms with Gasteiger partial charge in [0, 0.05) is 17.0 Å². The molecule has 0 aromatic carbocycles. The van der Waals surface area contributed by atoms with E-state index in [2.05, 4.69) is 25.0 Å². The van der Waals surface area contributed by atoms with Crippen LogP contribution in [0.3, 0.4) is 0 Å². The van der Waals surface area contributed by atoms with Gasteiger partial charge in [0.15, 0.2) is 10.3 Å². The van der Waals surface area contributed by atoms with Gasteiger partial charge in [-0.3, -0.25) is 9.79 Å². The summed E-state index contributed by atoms with van der Waals surface area (Å²) in [6.45, 7) is 3.48. The Morgan fingerprint density at radius 2 is 1.76 bits per heavy atom. The zero-order chi connectivity index (χ0) is 18.9. The molecule has 0 aliphatic carbocycles. The summed E-state index contributed by atoms with van der Waals surface area (Å²) in [6.07, 6.45) is 3.05. The molecule has 0 saturated heterocycles. The normalized spacial score (nSPS) is 11.5. The van der Waals surface area contributed by atoms with Crippen LogP contribution in [0.15, 0.2) is 20.9 Å². The van der Waals surface area contributed by atoms with Crippen molar-refractivity contribution in [2.45, 2.75) is 13.8 Å². The Hall–Kier alpha value is -2.53. The fraction of sp³-hybridized carbons (Fsp3) is 0.357. The number of oxime groups is 1. The Bertz CT molecular complexity index is 739. The number of nitrogen functional groups attached to an aromatic ring is 2. The van der Waals surface area contributed by atoms with E-state index in [1.165, 1.54) is 42.2 Å². The zero-order valence-electron chi connectivity index (χ0n) is 14.0. The minimum absolute atomic E-state index is 0.222. The van der Waals surface area contributed by atoms with Crippen LogP contribution in [0, 0.1) is 5.41 Å².